The van der Waals surface area contributed by atoms with E-state index in [1.54, 1.807) is 4.90 Å². The molecule has 6 heteroatoms. The fourth-order valence-corrected chi connectivity index (χ4v) is 3.83. The van der Waals surface area contributed by atoms with E-state index in [2.05, 4.69) is 11.1 Å². The Labute approximate surface area is 168 Å². The van der Waals surface area contributed by atoms with Gasteiger partial charge in [-0.05, 0) is 44.2 Å². The molecule has 2 aromatic carbocycles. The molecule has 1 aliphatic heterocycles. The summed E-state index contributed by atoms with van der Waals surface area (Å²) in [4.78, 5) is 31.5. The van der Waals surface area contributed by atoms with Crippen molar-refractivity contribution < 1.29 is 4.79 Å². The van der Waals surface area contributed by atoms with Gasteiger partial charge in [0.15, 0.2) is 11.6 Å². The summed E-state index contributed by atoms with van der Waals surface area (Å²) in [7, 11) is 1.98. The van der Waals surface area contributed by atoms with Crippen molar-refractivity contribution >= 4 is 39.5 Å². The molecule has 4 aromatic rings. The van der Waals surface area contributed by atoms with Crippen LogP contribution in [0.25, 0.3) is 21.9 Å². The Kier molecular flexibility index (Phi) is 3.94. The van der Waals surface area contributed by atoms with Crippen molar-refractivity contribution in [2.75, 3.05) is 29.9 Å². The number of aromatic nitrogens is 3. The van der Waals surface area contributed by atoms with E-state index < -0.39 is 0 Å². The maximum Gasteiger partial charge on any atom is 0.261 e. The van der Waals surface area contributed by atoms with Crippen molar-refractivity contribution in [1.29, 1.82) is 0 Å². The number of rotatable bonds is 1. The average molecular weight is 383 g/mol. The minimum atomic E-state index is -0.0858. The Morgan fingerprint density at radius 2 is 1.59 bits per heavy atom. The van der Waals surface area contributed by atoms with Gasteiger partial charge in [-0.25, -0.2) is 9.97 Å². The van der Waals surface area contributed by atoms with Crippen LogP contribution in [0.1, 0.15) is 21.6 Å². The molecule has 0 saturated carbocycles. The minimum absolute atomic E-state index is 0.0858. The fraction of sp³-hybridized carbons (Fsp3) is 0.217. The first-order valence-electron chi connectivity index (χ1n) is 9.69. The Hall–Kier alpha value is -3.54. The van der Waals surface area contributed by atoms with Crippen LogP contribution in [-0.2, 0) is 0 Å². The van der Waals surface area contributed by atoms with E-state index in [-0.39, 0.29) is 5.91 Å². The highest BCUT2D eigenvalue weighted by molar-refractivity contribution is 6.10. The summed E-state index contributed by atoms with van der Waals surface area (Å²) >= 11 is 0. The van der Waals surface area contributed by atoms with Gasteiger partial charge in [0, 0.05) is 25.5 Å². The van der Waals surface area contributed by atoms with Crippen LogP contribution in [0.2, 0.25) is 0 Å². The molecule has 0 saturated heterocycles. The zero-order valence-electron chi connectivity index (χ0n) is 16.7. The average Bonchev–Trinajstić information content (AvgIpc) is 2.72. The number of carbonyl (C=O) groups is 1. The smallest absolute Gasteiger partial charge is 0.261 e. The van der Waals surface area contributed by atoms with Crippen molar-refractivity contribution in [1.82, 2.24) is 15.0 Å². The molecule has 0 radical (unpaired) electrons. The second kappa shape index (κ2) is 6.51. The van der Waals surface area contributed by atoms with Crippen LogP contribution in [0.3, 0.4) is 0 Å². The summed E-state index contributed by atoms with van der Waals surface area (Å²) in [5.74, 6) is 1.24. The van der Waals surface area contributed by atoms with Gasteiger partial charge in [0.25, 0.3) is 5.91 Å². The summed E-state index contributed by atoms with van der Waals surface area (Å²) in [6.45, 7) is 5.18. The topological polar surface area (TPSA) is 62.2 Å². The van der Waals surface area contributed by atoms with Gasteiger partial charge in [-0.3, -0.25) is 14.7 Å². The molecule has 1 amide bonds. The van der Waals surface area contributed by atoms with Gasteiger partial charge in [0.2, 0.25) is 0 Å². The van der Waals surface area contributed by atoms with E-state index in [0.717, 1.165) is 39.0 Å². The lowest BCUT2D eigenvalue weighted by Gasteiger charge is -2.34. The number of nitrogens with zero attached hydrogens (tertiary/aromatic N) is 5. The van der Waals surface area contributed by atoms with Crippen LogP contribution < -0.4 is 9.80 Å². The molecule has 0 atom stereocenters. The SMILES string of the molecule is Cc1ccc2nc(C)c(C(=O)N3CCN(C)c4nc5ccccc5nc43)cc2c1. The molecule has 0 fully saturated rings. The summed E-state index contributed by atoms with van der Waals surface area (Å²) in [5.41, 5.74) is 4.97. The Bertz CT molecular complexity index is 1280. The summed E-state index contributed by atoms with van der Waals surface area (Å²) in [5, 5.41) is 0.970. The lowest BCUT2D eigenvalue weighted by atomic mass is 10.1. The third-order valence-electron chi connectivity index (χ3n) is 5.45. The number of para-hydroxylation sites is 2. The van der Waals surface area contributed by atoms with Gasteiger partial charge in [0.1, 0.15) is 0 Å². The molecular weight excluding hydrogens is 362 g/mol. The number of amides is 1. The van der Waals surface area contributed by atoms with Crippen molar-refractivity contribution in [3.8, 4) is 0 Å². The lowest BCUT2D eigenvalue weighted by Crippen LogP contribution is -2.44. The zero-order valence-corrected chi connectivity index (χ0v) is 16.7. The zero-order chi connectivity index (χ0) is 20.1. The monoisotopic (exact) mass is 383 g/mol. The molecule has 6 nitrogen and oxygen atoms in total. The quantitative estimate of drug-likeness (QED) is 0.499. The molecule has 1 aliphatic rings. The van der Waals surface area contributed by atoms with Crippen molar-refractivity contribution in [2.45, 2.75) is 13.8 Å². The number of pyridine rings is 1. The van der Waals surface area contributed by atoms with Crippen LogP contribution in [0, 0.1) is 13.8 Å². The molecule has 144 valence electrons. The van der Waals surface area contributed by atoms with Crippen LogP contribution in [-0.4, -0.2) is 41.0 Å². The van der Waals surface area contributed by atoms with Crippen molar-refractivity contribution in [2.24, 2.45) is 0 Å². The Morgan fingerprint density at radius 3 is 2.34 bits per heavy atom. The van der Waals surface area contributed by atoms with E-state index in [4.69, 9.17) is 9.97 Å². The first-order valence-corrected chi connectivity index (χ1v) is 9.69. The molecule has 0 spiro atoms. The normalized spacial score (nSPS) is 13.8. The van der Waals surface area contributed by atoms with E-state index in [1.165, 1.54) is 0 Å². The maximum absolute atomic E-state index is 13.6. The molecule has 0 unspecified atom stereocenters. The maximum atomic E-state index is 13.6. The van der Waals surface area contributed by atoms with Crippen LogP contribution in [0.5, 0.6) is 0 Å². The van der Waals surface area contributed by atoms with Crippen LogP contribution >= 0.6 is 0 Å². The van der Waals surface area contributed by atoms with Gasteiger partial charge in [-0.2, -0.15) is 0 Å². The van der Waals surface area contributed by atoms with Gasteiger partial charge < -0.3 is 4.90 Å². The molecular formula is C23H21N5O. The van der Waals surface area contributed by atoms with E-state index in [9.17, 15) is 4.79 Å². The third kappa shape index (κ3) is 2.88. The van der Waals surface area contributed by atoms with Crippen LogP contribution in [0.15, 0.2) is 48.5 Å². The second-order valence-electron chi connectivity index (χ2n) is 7.56. The number of aryl methyl sites for hydroxylation is 2. The number of benzene rings is 2. The van der Waals surface area contributed by atoms with Gasteiger partial charge in [0.05, 0.1) is 27.8 Å². The summed E-state index contributed by atoms with van der Waals surface area (Å²) < 4.78 is 0. The van der Waals surface area contributed by atoms with Gasteiger partial charge in [-0.15, -0.1) is 0 Å². The summed E-state index contributed by atoms with van der Waals surface area (Å²) in [6.07, 6.45) is 0. The fourth-order valence-electron chi connectivity index (χ4n) is 3.83. The predicted molar refractivity (Wildman–Crippen MR) is 116 cm³/mol. The highest BCUT2D eigenvalue weighted by Crippen LogP contribution is 2.32. The van der Waals surface area contributed by atoms with E-state index >= 15 is 0 Å². The number of likely N-dealkylation sites (N-methyl/N-ethyl adjacent to an activating group) is 1. The molecule has 0 aliphatic carbocycles. The molecule has 0 bridgehead atoms. The Morgan fingerprint density at radius 1 is 0.862 bits per heavy atom. The minimum Gasteiger partial charge on any atom is -0.355 e. The lowest BCUT2D eigenvalue weighted by molar-refractivity contribution is 0.0985. The molecule has 3 heterocycles. The number of carbonyl (C=O) groups excluding carboxylic acids is 1. The largest absolute Gasteiger partial charge is 0.355 e. The van der Waals surface area contributed by atoms with Gasteiger partial charge in [-0.1, -0.05) is 23.8 Å². The summed E-state index contributed by atoms with van der Waals surface area (Å²) in [6, 6.07) is 15.8. The first kappa shape index (κ1) is 17.6. The number of hydrogen-bond acceptors (Lipinski definition) is 5. The van der Waals surface area contributed by atoms with E-state index in [0.29, 0.717) is 24.5 Å². The molecule has 29 heavy (non-hydrogen) atoms. The van der Waals surface area contributed by atoms with Gasteiger partial charge >= 0.3 is 0 Å². The number of hydrogen-bond donors (Lipinski definition) is 0. The molecule has 5 rings (SSSR count). The highest BCUT2D eigenvalue weighted by Gasteiger charge is 2.30. The second-order valence-corrected chi connectivity index (χ2v) is 7.56. The third-order valence-corrected chi connectivity index (χ3v) is 5.45. The van der Waals surface area contributed by atoms with E-state index in [1.807, 2.05) is 68.3 Å². The van der Waals surface area contributed by atoms with Crippen molar-refractivity contribution in [3.63, 3.8) is 0 Å². The molecule has 2 aromatic heterocycles. The standard InChI is InChI=1S/C23H21N5O/c1-14-8-9-18-16(12-14)13-17(15(2)24-18)23(29)28-11-10-27(3)21-22(28)26-20-7-5-4-6-19(20)25-21/h4-9,12-13H,10-11H2,1-3H3. The number of anilines is 2. The molecule has 0 N–H and O–H groups in total. The van der Waals surface area contributed by atoms with Crippen LogP contribution in [0.4, 0.5) is 11.6 Å². The highest BCUT2D eigenvalue weighted by atomic mass is 16.2. The number of fused-ring (bicyclic) bond motifs is 3. The Balaban J connectivity index is 1.64. The first-order chi connectivity index (χ1) is 14.0. The van der Waals surface area contributed by atoms with Crippen molar-refractivity contribution in [3.05, 3.63) is 65.4 Å². The predicted octanol–water partition coefficient (Wildman–Crippen LogP) is 3.89.